The number of thioether (sulfide) groups is 1. The summed E-state index contributed by atoms with van der Waals surface area (Å²) in [6.07, 6.45) is 1.74. The van der Waals surface area contributed by atoms with Crippen molar-refractivity contribution in [2.45, 2.75) is 46.6 Å². The van der Waals surface area contributed by atoms with Gasteiger partial charge in [0, 0.05) is 29.6 Å². The van der Waals surface area contributed by atoms with Gasteiger partial charge in [0.2, 0.25) is 5.91 Å². The minimum absolute atomic E-state index is 0.0540. The summed E-state index contributed by atoms with van der Waals surface area (Å²) in [4.78, 5) is 11.5. The molecule has 116 valence electrons. The van der Waals surface area contributed by atoms with Crippen molar-refractivity contribution >= 4 is 29.0 Å². The number of nitrogens with one attached hydrogen (secondary N) is 2. The summed E-state index contributed by atoms with van der Waals surface area (Å²) < 4.78 is 0. The second kappa shape index (κ2) is 6.73. The lowest BCUT2D eigenvalue weighted by molar-refractivity contribution is -0.115. The van der Waals surface area contributed by atoms with E-state index >= 15 is 0 Å². The topological polar surface area (TPSA) is 41.1 Å². The molecular weight excluding hydrogens is 280 g/mol. The van der Waals surface area contributed by atoms with Gasteiger partial charge in [0.15, 0.2) is 0 Å². The van der Waals surface area contributed by atoms with Crippen molar-refractivity contribution in [3.8, 4) is 0 Å². The van der Waals surface area contributed by atoms with Crippen LogP contribution in [0.4, 0.5) is 11.4 Å². The fourth-order valence-corrected chi connectivity index (χ4v) is 4.07. The summed E-state index contributed by atoms with van der Waals surface area (Å²) in [5, 5.41) is 6.63. The zero-order valence-electron chi connectivity index (χ0n) is 13.5. The first-order valence-corrected chi connectivity index (χ1v) is 8.82. The Labute approximate surface area is 132 Å². The first kappa shape index (κ1) is 16.2. The van der Waals surface area contributed by atoms with Gasteiger partial charge in [-0.1, -0.05) is 26.8 Å². The molecule has 1 amide bonds. The van der Waals surface area contributed by atoms with Gasteiger partial charge in [-0.2, -0.15) is 11.8 Å². The van der Waals surface area contributed by atoms with Gasteiger partial charge in [-0.3, -0.25) is 4.79 Å². The molecule has 1 saturated heterocycles. The molecule has 1 atom stereocenters. The molecule has 0 bridgehead atoms. The summed E-state index contributed by atoms with van der Waals surface area (Å²) in [6.45, 7) is 8.64. The third-order valence-electron chi connectivity index (χ3n) is 4.29. The van der Waals surface area contributed by atoms with Gasteiger partial charge >= 0.3 is 0 Å². The van der Waals surface area contributed by atoms with E-state index in [0.29, 0.717) is 17.9 Å². The lowest BCUT2D eigenvalue weighted by atomic mass is 9.82. The number of hydrogen-bond donors (Lipinski definition) is 2. The van der Waals surface area contributed by atoms with E-state index in [0.717, 1.165) is 17.1 Å². The molecular formula is C17H26N2OS. The van der Waals surface area contributed by atoms with Gasteiger partial charge in [0.1, 0.15) is 0 Å². The number of anilines is 2. The van der Waals surface area contributed by atoms with Crippen molar-refractivity contribution in [1.82, 2.24) is 0 Å². The first-order valence-electron chi connectivity index (χ1n) is 7.67. The van der Waals surface area contributed by atoms with E-state index in [1.807, 2.05) is 24.8 Å². The zero-order chi connectivity index (χ0) is 15.5. The number of rotatable bonds is 4. The second-order valence-corrected chi connectivity index (χ2v) is 7.59. The van der Waals surface area contributed by atoms with Crippen molar-refractivity contribution in [2.75, 3.05) is 22.1 Å². The summed E-state index contributed by atoms with van der Waals surface area (Å²) in [5.74, 6) is 2.44. The molecule has 21 heavy (non-hydrogen) atoms. The van der Waals surface area contributed by atoms with Crippen LogP contribution in [0.2, 0.25) is 0 Å². The predicted octanol–water partition coefficient (Wildman–Crippen LogP) is 4.29. The Bertz CT molecular complexity index is 514. The van der Waals surface area contributed by atoms with Crippen molar-refractivity contribution in [2.24, 2.45) is 5.41 Å². The monoisotopic (exact) mass is 306 g/mol. The van der Waals surface area contributed by atoms with Gasteiger partial charge in [-0.05, 0) is 42.2 Å². The van der Waals surface area contributed by atoms with Gasteiger partial charge in [-0.25, -0.2) is 0 Å². The van der Waals surface area contributed by atoms with E-state index in [-0.39, 0.29) is 5.91 Å². The standard InChI is InChI=1S/C17H26N2OS/c1-5-16(20)18-13-7-6-12(2)14(10-13)19-15-11-21-9-8-17(15,3)4/h6-7,10,15,19H,5,8-9,11H2,1-4H3,(H,18,20). The highest BCUT2D eigenvalue weighted by Gasteiger charge is 2.32. The molecule has 0 spiro atoms. The van der Waals surface area contributed by atoms with E-state index in [4.69, 9.17) is 0 Å². The number of hydrogen-bond acceptors (Lipinski definition) is 3. The molecule has 1 aromatic carbocycles. The summed E-state index contributed by atoms with van der Waals surface area (Å²) in [5.41, 5.74) is 3.52. The fourth-order valence-electron chi connectivity index (χ4n) is 2.47. The van der Waals surface area contributed by atoms with Gasteiger partial charge in [0.05, 0.1) is 0 Å². The quantitative estimate of drug-likeness (QED) is 0.872. The summed E-state index contributed by atoms with van der Waals surface area (Å²) >= 11 is 2.02. The van der Waals surface area contributed by atoms with Crippen molar-refractivity contribution in [3.05, 3.63) is 23.8 Å². The predicted molar refractivity (Wildman–Crippen MR) is 93.2 cm³/mol. The fraction of sp³-hybridized carbons (Fsp3) is 0.588. The Kier molecular flexibility index (Phi) is 5.20. The van der Waals surface area contributed by atoms with Gasteiger partial charge in [-0.15, -0.1) is 0 Å². The Morgan fingerprint density at radius 2 is 2.19 bits per heavy atom. The third kappa shape index (κ3) is 4.16. The average molecular weight is 306 g/mol. The maximum atomic E-state index is 11.5. The molecule has 1 aliphatic heterocycles. The molecule has 1 heterocycles. The van der Waals surface area contributed by atoms with Crippen molar-refractivity contribution in [3.63, 3.8) is 0 Å². The Balaban J connectivity index is 2.15. The molecule has 3 nitrogen and oxygen atoms in total. The Morgan fingerprint density at radius 1 is 1.43 bits per heavy atom. The van der Waals surface area contributed by atoms with Crippen LogP contribution >= 0.6 is 11.8 Å². The smallest absolute Gasteiger partial charge is 0.224 e. The van der Waals surface area contributed by atoms with E-state index in [9.17, 15) is 4.79 Å². The van der Waals surface area contributed by atoms with Crippen LogP contribution in [0.1, 0.15) is 39.2 Å². The third-order valence-corrected chi connectivity index (χ3v) is 5.35. The van der Waals surface area contributed by atoms with Crippen LogP contribution in [-0.4, -0.2) is 23.5 Å². The maximum absolute atomic E-state index is 11.5. The van der Waals surface area contributed by atoms with Crippen LogP contribution in [0, 0.1) is 12.3 Å². The van der Waals surface area contributed by atoms with Crippen LogP contribution in [-0.2, 0) is 4.79 Å². The van der Waals surface area contributed by atoms with Gasteiger partial charge < -0.3 is 10.6 Å². The molecule has 2 N–H and O–H groups in total. The summed E-state index contributed by atoms with van der Waals surface area (Å²) in [6, 6.07) is 6.55. The Morgan fingerprint density at radius 3 is 2.86 bits per heavy atom. The SMILES string of the molecule is CCC(=O)Nc1ccc(C)c(NC2CSCCC2(C)C)c1. The maximum Gasteiger partial charge on any atom is 0.224 e. The van der Waals surface area contributed by atoms with Crippen LogP contribution < -0.4 is 10.6 Å². The zero-order valence-corrected chi connectivity index (χ0v) is 14.3. The van der Waals surface area contributed by atoms with E-state index < -0.39 is 0 Å². The molecule has 1 aromatic rings. The van der Waals surface area contributed by atoms with E-state index in [1.54, 1.807) is 0 Å². The number of carbonyl (C=O) groups excluding carboxylic acids is 1. The van der Waals surface area contributed by atoms with Crippen LogP contribution in [0.3, 0.4) is 0 Å². The minimum atomic E-state index is 0.0540. The summed E-state index contributed by atoms with van der Waals surface area (Å²) in [7, 11) is 0. The van der Waals surface area contributed by atoms with Crippen LogP contribution in [0.25, 0.3) is 0 Å². The van der Waals surface area contributed by atoms with Crippen LogP contribution in [0.15, 0.2) is 18.2 Å². The van der Waals surface area contributed by atoms with Crippen LogP contribution in [0.5, 0.6) is 0 Å². The van der Waals surface area contributed by atoms with Gasteiger partial charge in [0.25, 0.3) is 0 Å². The molecule has 0 aromatic heterocycles. The minimum Gasteiger partial charge on any atom is -0.381 e. The second-order valence-electron chi connectivity index (χ2n) is 6.44. The number of benzene rings is 1. The molecule has 4 heteroatoms. The Hall–Kier alpha value is -1.16. The number of amides is 1. The lowest BCUT2D eigenvalue weighted by Gasteiger charge is -2.39. The van der Waals surface area contributed by atoms with Crippen molar-refractivity contribution in [1.29, 1.82) is 0 Å². The molecule has 2 rings (SSSR count). The highest BCUT2D eigenvalue weighted by atomic mass is 32.2. The highest BCUT2D eigenvalue weighted by Crippen LogP contribution is 2.36. The highest BCUT2D eigenvalue weighted by molar-refractivity contribution is 7.99. The lowest BCUT2D eigenvalue weighted by Crippen LogP contribution is -2.41. The average Bonchev–Trinajstić information content (AvgIpc) is 2.44. The molecule has 1 fully saturated rings. The normalized spacial score (nSPS) is 20.9. The van der Waals surface area contributed by atoms with E-state index in [2.05, 4.69) is 43.5 Å². The van der Waals surface area contributed by atoms with Crippen molar-refractivity contribution < 1.29 is 4.79 Å². The molecule has 0 aliphatic carbocycles. The first-order chi connectivity index (χ1) is 9.92. The number of carbonyl (C=O) groups is 1. The molecule has 0 radical (unpaired) electrons. The largest absolute Gasteiger partial charge is 0.381 e. The molecule has 1 aliphatic rings. The molecule has 0 saturated carbocycles. The number of aryl methyl sites for hydroxylation is 1. The molecule has 1 unspecified atom stereocenters. The van der Waals surface area contributed by atoms with E-state index in [1.165, 1.54) is 17.7 Å².